The Morgan fingerprint density at radius 1 is 0.885 bits per heavy atom. The molecule has 2 aromatic rings. The van der Waals surface area contributed by atoms with Crippen LogP contribution in [0.5, 0.6) is 0 Å². The maximum absolute atomic E-state index is 12.1. The first-order valence-electron chi connectivity index (χ1n) is 8.77. The van der Waals surface area contributed by atoms with Crippen LogP contribution in [0, 0.1) is 0 Å². The van der Waals surface area contributed by atoms with Gasteiger partial charge in [-0.2, -0.15) is 0 Å². The zero-order chi connectivity index (χ0) is 18.8. The van der Waals surface area contributed by atoms with Crippen molar-refractivity contribution >= 4 is 15.9 Å². The second-order valence-corrected chi connectivity index (χ2v) is 8.12. The van der Waals surface area contributed by atoms with E-state index in [4.69, 9.17) is 0 Å². The van der Waals surface area contributed by atoms with Crippen LogP contribution in [0.15, 0.2) is 60.7 Å². The minimum atomic E-state index is -3.36. The van der Waals surface area contributed by atoms with E-state index in [1.165, 1.54) is 6.92 Å². The van der Waals surface area contributed by atoms with Gasteiger partial charge in [0, 0.05) is 26.6 Å². The van der Waals surface area contributed by atoms with E-state index in [0.717, 1.165) is 17.5 Å². The molecule has 0 aliphatic carbocycles. The highest BCUT2D eigenvalue weighted by Gasteiger charge is 2.13. The predicted molar refractivity (Wildman–Crippen MR) is 104 cm³/mol. The van der Waals surface area contributed by atoms with Crippen molar-refractivity contribution in [1.82, 2.24) is 9.62 Å². The molecular weight excluding hydrogens is 348 g/mol. The zero-order valence-electron chi connectivity index (χ0n) is 15.1. The molecule has 2 rings (SSSR count). The first-order chi connectivity index (χ1) is 12.5. The minimum absolute atomic E-state index is 0.0428. The van der Waals surface area contributed by atoms with E-state index in [0.29, 0.717) is 19.5 Å². The smallest absolute Gasteiger partial charge is 0.219 e. The second-order valence-electron chi connectivity index (χ2n) is 6.19. The molecule has 1 N–H and O–H groups in total. The van der Waals surface area contributed by atoms with E-state index in [-0.39, 0.29) is 18.2 Å². The molecule has 0 radical (unpaired) electrons. The fourth-order valence-corrected chi connectivity index (χ4v) is 3.69. The summed E-state index contributed by atoms with van der Waals surface area (Å²) in [6, 6.07) is 19.4. The number of nitrogens with zero attached hydrogens (tertiary/aromatic N) is 1. The number of sulfonamides is 1. The van der Waals surface area contributed by atoms with Gasteiger partial charge in [-0.15, -0.1) is 0 Å². The van der Waals surface area contributed by atoms with Crippen molar-refractivity contribution in [2.75, 3.05) is 25.4 Å². The number of rotatable bonds is 10. The summed E-state index contributed by atoms with van der Waals surface area (Å²) >= 11 is 0. The first-order valence-corrected chi connectivity index (χ1v) is 10.4. The first kappa shape index (κ1) is 20.1. The fourth-order valence-electron chi connectivity index (χ4n) is 2.64. The van der Waals surface area contributed by atoms with Gasteiger partial charge in [0.1, 0.15) is 0 Å². The summed E-state index contributed by atoms with van der Waals surface area (Å²) in [5.41, 5.74) is 2.15. The molecule has 0 atom stereocenters. The Hall–Kier alpha value is -2.18. The molecule has 26 heavy (non-hydrogen) atoms. The molecule has 0 saturated heterocycles. The van der Waals surface area contributed by atoms with Gasteiger partial charge in [-0.1, -0.05) is 60.7 Å². The number of aryl methyl sites for hydroxylation is 1. The molecule has 5 nitrogen and oxygen atoms in total. The molecule has 140 valence electrons. The SMILES string of the molecule is CC(=O)N(CCNS(=O)(=O)CCc1ccccc1)CCc1ccccc1. The molecular formula is C20H26N2O3S. The lowest BCUT2D eigenvalue weighted by molar-refractivity contribution is -0.128. The summed E-state index contributed by atoms with van der Waals surface area (Å²) in [5.74, 6) is -0.00871. The van der Waals surface area contributed by atoms with Crippen molar-refractivity contribution in [3.8, 4) is 0 Å². The third-order valence-electron chi connectivity index (χ3n) is 4.16. The van der Waals surface area contributed by atoms with Crippen molar-refractivity contribution in [1.29, 1.82) is 0 Å². The van der Waals surface area contributed by atoms with E-state index in [9.17, 15) is 13.2 Å². The van der Waals surface area contributed by atoms with Crippen molar-refractivity contribution in [2.45, 2.75) is 19.8 Å². The monoisotopic (exact) mass is 374 g/mol. The maximum Gasteiger partial charge on any atom is 0.219 e. The maximum atomic E-state index is 12.1. The number of benzene rings is 2. The average molecular weight is 375 g/mol. The summed E-state index contributed by atoms with van der Waals surface area (Å²) in [5, 5.41) is 0. The number of carbonyl (C=O) groups is 1. The van der Waals surface area contributed by atoms with Crippen LogP contribution in [-0.2, 0) is 27.7 Å². The van der Waals surface area contributed by atoms with Gasteiger partial charge >= 0.3 is 0 Å². The van der Waals surface area contributed by atoms with E-state index in [1.54, 1.807) is 4.90 Å². The lowest BCUT2D eigenvalue weighted by Crippen LogP contribution is -2.39. The van der Waals surface area contributed by atoms with Crippen molar-refractivity contribution in [2.24, 2.45) is 0 Å². The molecule has 0 aliphatic rings. The van der Waals surface area contributed by atoms with Crippen LogP contribution in [0.3, 0.4) is 0 Å². The van der Waals surface area contributed by atoms with Gasteiger partial charge in [0.05, 0.1) is 5.75 Å². The van der Waals surface area contributed by atoms with Gasteiger partial charge in [-0.05, 0) is 24.0 Å². The predicted octanol–water partition coefficient (Wildman–Crippen LogP) is 2.24. The largest absolute Gasteiger partial charge is 0.341 e. The van der Waals surface area contributed by atoms with Crippen LogP contribution in [0.1, 0.15) is 18.1 Å². The highest BCUT2D eigenvalue weighted by atomic mass is 32.2. The Bertz CT molecular complexity index is 777. The molecule has 6 heteroatoms. The Morgan fingerprint density at radius 3 is 1.96 bits per heavy atom. The summed E-state index contributed by atoms with van der Waals surface area (Å²) in [6.07, 6.45) is 1.22. The number of nitrogens with one attached hydrogen (secondary N) is 1. The molecule has 0 saturated carbocycles. The summed E-state index contributed by atoms with van der Waals surface area (Å²) in [7, 11) is -3.36. The molecule has 0 bridgehead atoms. The van der Waals surface area contributed by atoms with Crippen LogP contribution in [0.2, 0.25) is 0 Å². The van der Waals surface area contributed by atoms with Crippen molar-refractivity contribution in [3.63, 3.8) is 0 Å². The fraction of sp³-hybridized carbons (Fsp3) is 0.350. The molecule has 0 fully saturated rings. The van der Waals surface area contributed by atoms with Crippen LogP contribution in [0.25, 0.3) is 0 Å². The van der Waals surface area contributed by atoms with E-state index < -0.39 is 10.0 Å². The number of hydrogen-bond acceptors (Lipinski definition) is 3. The van der Waals surface area contributed by atoms with Crippen LogP contribution < -0.4 is 4.72 Å². The van der Waals surface area contributed by atoms with Crippen molar-refractivity contribution in [3.05, 3.63) is 71.8 Å². The third kappa shape index (κ3) is 7.37. The van der Waals surface area contributed by atoms with Crippen molar-refractivity contribution < 1.29 is 13.2 Å². The van der Waals surface area contributed by atoms with Gasteiger partial charge in [0.2, 0.25) is 15.9 Å². The summed E-state index contributed by atoms with van der Waals surface area (Å²) in [6.45, 7) is 2.68. The average Bonchev–Trinajstić information content (AvgIpc) is 2.64. The summed E-state index contributed by atoms with van der Waals surface area (Å²) in [4.78, 5) is 13.5. The van der Waals surface area contributed by atoms with E-state index >= 15 is 0 Å². The zero-order valence-corrected chi connectivity index (χ0v) is 15.9. The topological polar surface area (TPSA) is 66.5 Å². The molecule has 0 aliphatic heterocycles. The standard InChI is InChI=1S/C20H26N2O3S/c1-18(23)22(15-12-19-8-4-2-5-9-19)16-14-21-26(24,25)17-13-20-10-6-3-7-11-20/h2-11,21H,12-17H2,1H3. The quantitative estimate of drug-likeness (QED) is 0.694. The highest BCUT2D eigenvalue weighted by molar-refractivity contribution is 7.89. The van der Waals surface area contributed by atoms with Crippen LogP contribution in [0.4, 0.5) is 0 Å². The summed E-state index contributed by atoms with van der Waals surface area (Å²) < 4.78 is 26.8. The normalized spacial score (nSPS) is 11.3. The van der Waals surface area contributed by atoms with E-state index in [1.807, 2.05) is 60.7 Å². The lowest BCUT2D eigenvalue weighted by Gasteiger charge is -2.21. The number of hydrogen-bond donors (Lipinski definition) is 1. The lowest BCUT2D eigenvalue weighted by atomic mass is 10.1. The van der Waals surface area contributed by atoms with Gasteiger partial charge in [-0.3, -0.25) is 4.79 Å². The highest BCUT2D eigenvalue weighted by Crippen LogP contribution is 2.03. The Labute approximate surface area is 156 Å². The molecule has 0 unspecified atom stereocenters. The number of carbonyl (C=O) groups excluding carboxylic acids is 1. The Balaban J connectivity index is 1.76. The molecule has 0 heterocycles. The Morgan fingerprint density at radius 2 is 1.42 bits per heavy atom. The molecule has 1 amide bonds. The molecule has 2 aromatic carbocycles. The van der Waals surface area contributed by atoms with Gasteiger partial charge in [0.25, 0.3) is 0 Å². The van der Waals surface area contributed by atoms with Gasteiger partial charge in [-0.25, -0.2) is 13.1 Å². The Kier molecular flexibility index (Phi) is 7.81. The van der Waals surface area contributed by atoms with Gasteiger partial charge in [0.15, 0.2) is 0 Å². The van der Waals surface area contributed by atoms with Crippen LogP contribution >= 0.6 is 0 Å². The third-order valence-corrected chi connectivity index (χ3v) is 5.55. The van der Waals surface area contributed by atoms with Gasteiger partial charge < -0.3 is 4.90 Å². The van der Waals surface area contributed by atoms with Crippen LogP contribution in [-0.4, -0.2) is 44.6 Å². The molecule has 0 spiro atoms. The van der Waals surface area contributed by atoms with E-state index in [2.05, 4.69) is 4.72 Å². The minimum Gasteiger partial charge on any atom is -0.341 e. The number of amides is 1. The second kappa shape index (κ2) is 10.1. The molecule has 0 aromatic heterocycles.